The Morgan fingerprint density at radius 1 is 1.65 bits per heavy atom. The van der Waals surface area contributed by atoms with E-state index in [0.29, 0.717) is 13.2 Å². The predicted octanol–water partition coefficient (Wildman–Crippen LogP) is 0.618. The van der Waals surface area contributed by atoms with Gasteiger partial charge < -0.3 is 14.6 Å². The van der Waals surface area contributed by atoms with Crippen LogP contribution in [-0.2, 0) is 9.47 Å². The van der Waals surface area contributed by atoms with Gasteiger partial charge in [0.05, 0.1) is 19.8 Å². The van der Waals surface area contributed by atoms with E-state index < -0.39 is 17.2 Å². The number of aliphatic hydroxyl groups is 1. The molecule has 1 atom stereocenters. The SMILES string of the molecule is C#CC1(CO)COCCN1C(=O)OC(C)(C)C. The number of carbonyl (C=O) groups excluding carboxylic acids is 1. The minimum atomic E-state index is -1.11. The molecular formula is C12H19NO4. The summed E-state index contributed by atoms with van der Waals surface area (Å²) in [7, 11) is 0. The van der Waals surface area contributed by atoms with Crippen molar-refractivity contribution in [1.82, 2.24) is 4.90 Å². The number of aliphatic hydroxyl groups excluding tert-OH is 1. The Labute approximate surface area is 102 Å². The van der Waals surface area contributed by atoms with Crippen LogP contribution in [0.3, 0.4) is 0 Å². The van der Waals surface area contributed by atoms with Crippen LogP contribution in [0.5, 0.6) is 0 Å². The molecule has 0 saturated carbocycles. The van der Waals surface area contributed by atoms with Crippen LogP contribution in [-0.4, -0.2) is 53.6 Å². The van der Waals surface area contributed by atoms with Crippen LogP contribution in [0.2, 0.25) is 0 Å². The second-order valence-electron chi connectivity index (χ2n) is 5.02. The molecular weight excluding hydrogens is 222 g/mol. The minimum Gasteiger partial charge on any atom is -0.444 e. The second-order valence-corrected chi connectivity index (χ2v) is 5.02. The molecule has 0 aromatic rings. The predicted molar refractivity (Wildman–Crippen MR) is 62.4 cm³/mol. The summed E-state index contributed by atoms with van der Waals surface area (Å²) in [6.07, 6.45) is 4.88. The van der Waals surface area contributed by atoms with Crippen LogP contribution >= 0.6 is 0 Å². The first kappa shape index (κ1) is 13.8. The topological polar surface area (TPSA) is 59.0 Å². The fraction of sp³-hybridized carbons (Fsp3) is 0.750. The number of amides is 1. The summed E-state index contributed by atoms with van der Waals surface area (Å²) in [5.41, 5.74) is -1.70. The molecule has 0 aromatic heterocycles. The summed E-state index contributed by atoms with van der Waals surface area (Å²) in [6.45, 7) is 5.83. The molecule has 5 heteroatoms. The lowest BCUT2D eigenvalue weighted by Crippen LogP contribution is -2.61. The van der Waals surface area contributed by atoms with Gasteiger partial charge in [-0.1, -0.05) is 5.92 Å². The highest BCUT2D eigenvalue weighted by Gasteiger charge is 2.42. The normalized spacial score (nSPS) is 25.2. The van der Waals surface area contributed by atoms with E-state index in [1.54, 1.807) is 20.8 Å². The van der Waals surface area contributed by atoms with E-state index in [0.717, 1.165) is 0 Å². The third-order valence-electron chi connectivity index (χ3n) is 2.46. The second kappa shape index (κ2) is 4.94. The summed E-state index contributed by atoms with van der Waals surface area (Å²) >= 11 is 0. The maximum absolute atomic E-state index is 12.0. The third-order valence-corrected chi connectivity index (χ3v) is 2.46. The molecule has 5 nitrogen and oxygen atoms in total. The standard InChI is InChI=1S/C12H19NO4/c1-5-12(8-14)9-16-7-6-13(12)10(15)17-11(2,3)4/h1,14H,6-9H2,2-4H3. The van der Waals surface area contributed by atoms with Crippen LogP contribution < -0.4 is 0 Å². The van der Waals surface area contributed by atoms with Gasteiger partial charge in [0.25, 0.3) is 0 Å². The van der Waals surface area contributed by atoms with Crippen LogP contribution in [0.15, 0.2) is 0 Å². The lowest BCUT2D eigenvalue weighted by atomic mass is 10.00. The van der Waals surface area contributed by atoms with Gasteiger partial charge in [0, 0.05) is 6.54 Å². The number of terminal acetylenes is 1. The average Bonchev–Trinajstić information content (AvgIpc) is 2.26. The molecule has 0 bridgehead atoms. The van der Waals surface area contributed by atoms with Gasteiger partial charge in [0.2, 0.25) is 0 Å². The van der Waals surface area contributed by atoms with Gasteiger partial charge in [-0.05, 0) is 20.8 Å². The maximum Gasteiger partial charge on any atom is 0.411 e. The fourth-order valence-electron chi connectivity index (χ4n) is 1.57. The van der Waals surface area contributed by atoms with Crippen molar-refractivity contribution in [2.45, 2.75) is 31.9 Å². The van der Waals surface area contributed by atoms with E-state index in [1.807, 2.05) is 0 Å². The third kappa shape index (κ3) is 3.11. The molecule has 0 aromatic carbocycles. The van der Waals surface area contributed by atoms with Crippen LogP contribution in [0, 0.1) is 12.3 Å². The van der Waals surface area contributed by atoms with Crippen molar-refractivity contribution in [3.05, 3.63) is 0 Å². The molecule has 1 N–H and O–H groups in total. The minimum absolute atomic E-state index is 0.124. The Bertz CT molecular complexity index is 328. The van der Waals surface area contributed by atoms with E-state index in [9.17, 15) is 9.90 Å². The largest absolute Gasteiger partial charge is 0.444 e. The Morgan fingerprint density at radius 3 is 2.76 bits per heavy atom. The highest BCUT2D eigenvalue weighted by Crippen LogP contribution is 2.22. The number of morpholine rings is 1. The monoisotopic (exact) mass is 241 g/mol. The zero-order valence-corrected chi connectivity index (χ0v) is 10.5. The van der Waals surface area contributed by atoms with E-state index in [1.165, 1.54) is 4.90 Å². The summed E-state index contributed by atoms with van der Waals surface area (Å²) in [5, 5.41) is 9.39. The molecule has 0 spiro atoms. The Kier molecular flexibility index (Phi) is 4.02. The number of carbonyl (C=O) groups is 1. The molecule has 1 aliphatic heterocycles. The molecule has 0 radical (unpaired) electrons. The van der Waals surface area contributed by atoms with Crippen LogP contribution in [0.1, 0.15) is 20.8 Å². The van der Waals surface area contributed by atoms with Crippen molar-refractivity contribution in [2.75, 3.05) is 26.4 Å². The lowest BCUT2D eigenvalue weighted by molar-refractivity contribution is -0.0695. The molecule has 1 rings (SSSR count). The Morgan fingerprint density at radius 2 is 2.29 bits per heavy atom. The van der Waals surface area contributed by atoms with E-state index >= 15 is 0 Å². The van der Waals surface area contributed by atoms with E-state index in [4.69, 9.17) is 15.9 Å². The number of rotatable bonds is 1. The first-order valence-electron chi connectivity index (χ1n) is 5.52. The van der Waals surface area contributed by atoms with Crippen LogP contribution in [0.25, 0.3) is 0 Å². The summed E-state index contributed by atoms with van der Waals surface area (Å²) in [6, 6.07) is 0. The highest BCUT2D eigenvalue weighted by molar-refractivity contribution is 5.70. The van der Waals surface area contributed by atoms with Crippen LogP contribution in [0.4, 0.5) is 4.79 Å². The number of ether oxygens (including phenoxy) is 2. The average molecular weight is 241 g/mol. The number of hydrogen-bond donors (Lipinski definition) is 1. The molecule has 1 fully saturated rings. The fourth-order valence-corrected chi connectivity index (χ4v) is 1.57. The van der Waals surface area contributed by atoms with Crippen molar-refractivity contribution < 1.29 is 19.4 Å². The van der Waals surface area contributed by atoms with Gasteiger partial charge in [0.1, 0.15) is 5.60 Å². The Balaban J connectivity index is 2.86. The van der Waals surface area contributed by atoms with Crippen molar-refractivity contribution in [3.63, 3.8) is 0 Å². The molecule has 1 saturated heterocycles. The first-order chi connectivity index (χ1) is 7.84. The van der Waals surface area contributed by atoms with Crippen molar-refractivity contribution in [1.29, 1.82) is 0 Å². The van der Waals surface area contributed by atoms with Gasteiger partial charge in [-0.3, -0.25) is 4.90 Å². The summed E-state index contributed by atoms with van der Waals surface area (Å²) in [5.74, 6) is 2.43. The van der Waals surface area contributed by atoms with Gasteiger partial charge in [-0.25, -0.2) is 4.79 Å². The molecule has 1 unspecified atom stereocenters. The van der Waals surface area contributed by atoms with Gasteiger partial charge in [0.15, 0.2) is 5.54 Å². The van der Waals surface area contributed by atoms with Gasteiger partial charge in [-0.2, -0.15) is 0 Å². The van der Waals surface area contributed by atoms with Crippen molar-refractivity contribution in [2.24, 2.45) is 0 Å². The maximum atomic E-state index is 12.0. The molecule has 1 heterocycles. The van der Waals surface area contributed by atoms with E-state index in [2.05, 4.69) is 5.92 Å². The van der Waals surface area contributed by atoms with Gasteiger partial charge in [-0.15, -0.1) is 6.42 Å². The molecule has 96 valence electrons. The van der Waals surface area contributed by atoms with Crippen molar-refractivity contribution in [3.8, 4) is 12.3 Å². The first-order valence-corrected chi connectivity index (χ1v) is 5.52. The molecule has 1 amide bonds. The zero-order valence-electron chi connectivity index (χ0n) is 10.5. The Hall–Kier alpha value is -1.25. The summed E-state index contributed by atoms with van der Waals surface area (Å²) in [4.78, 5) is 13.4. The van der Waals surface area contributed by atoms with E-state index in [-0.39, 0.29) is 13.2 Å². The van der Waals surface area contributed by atoms with Gasteiger partial charge >= 0.3 is 6.09 Å². The summed E-state index contributed by atoms with van der Waals surface area (Å²) < 4.78 is 10.5. The lowest BCUT2D eigenvalue weighted by Gasteiger charge is -2.42. The zero-order chi connectivity index (χ0) is 13.1. The van der Waals surface area contributed by atoms with Crippen molar-refractivity contribution >= 4 is 6.09 Å². The quantitative estimate of drug-likeness (QED) is 0.684. The number of hydrogen-bond acceptors (Lipinski definition) is 4. The molecule has 1 aliphatic rings. The number of nitrogens with zero attached hydrogens (tertiary/aromatic N) is 1. The molecule has 17 heavy (non-hydrogen) atoms. The highest BCUT2D eigenvalue weighted by atomic mass is 16.6. The smallest absolute Gasteiger partial charge is 0.411 e. The molecule has 0 aliphatic carbocycles.